The van der Waals surface area contributed by atoms with Crippen LogP contribution in [0.4, 0.5) is 5.69 Å². The molecule has 0 saturated carbocycles. The SMILES string of the molecule is N#Cc1ccc(NC(=O)c2[nH]nc3c2ccc2[nH]ncc23)cc1. The number of nitrogens with one attached hydrogen (secondary N) is 3. The number of rotatable bonds is 2. The fourth-order valence-corrected chi connectivity index (χ4v) is 2.49. The lowest BCUT2D eigenvalue weighted by atomic mass is 10.1. The average Bonchev–Trinajstić information content (AvgIpc) is 3.21. The fourth-order valence-electron chi connectivity index (χ4n) is 2.49. The Labute approximate surface area is 129 Å². The lowest BCUT2D eigenvalue weighted by Gasteiger charge is -2.03. The van der Waals surface area contributed by atoms with Crippen molar-refractivity contribution in [1.29, 1.82) is 5.26 Å². The predicted octanol–water partition coefficient (Wildman–Crippen LogP) is 2.56. The molecule has 1 amide bonds. The molecule has 110 valence electrons. The van der Waals surface area contributed by atoms with E-state index in [1.54, 1.807) is 30.5 Å². The molecule has 2 heterocycles. The molecule has 3 N–H and O–H groups in total. The zero-order chi connectivity index (χ0) is 15.8. The fraction of sp³-hybridized carbons (Fsp3) is 0. The summed E-state index contributed by atoms with van der Waals surface area (Å²) >= 11 is 0. The smallest absolute Gasteiger partial charge is 0.274 e. The van der Waals surface area contributed by atoms with Crippen molar-refractivity contribution in [2.24, 2.45) is 0 Å². The van der Waals surface area contributed by atoms with E-state index in [-0.39, 0.29) is 5.91 Å². The molecular formula is C16H10N6O. The molecule has 7 heteroatoms. The van der Waals surface area contributed by atoms with Gasteiger partial charge in [0.05, 0.1) is 23.3 Å². The largest absolute Gasteiger partial charge is 0.321 e. The van der Waals surface area contributed by atoms with E-state index in [2.05, 4.69) is 25.7 Å². The lowest BCUT2D eigenvalue weighted by Crippen LogP contribution is -2.12. The van der Waals surface area contributed by atoms with Gasteiger partial charge in [-0.3, -0.25) is 15.0 Å². The third-order valence-electron chi connectivity index (χ3n) is 3.64. The van der Waals surface area contributed by atoms with Gasteiger partial charge in [-0.2, -0.15) is 15.5 Å². The Balaban J connectivity index is 1.70. The van der Waals surface area contributed by atoms with Crippen LogP contribution < -0.4 is 5.32 Å². The normalized spacial score (nSPS) is 10.7. The highest BCUT2D eigenvalue weighted by molar-refractivity contribution is 6.15. The van der Waals surface area contributed by atoms with Gasteiger partial charge < -0.3 is 5.32 Å². The molecule has 0 aliphatic rings. The van der Waals surface area contributed by atoms with E-state index < -0.39 is 0 Å². The maximum Gasteiger partial charge on any atom is 0.274 e. The first-order valence-corrected chi connectivity index (χ1v) is 6.88. The minimum atomic E-state index is -0.292. The van der Waals surface area contributed by atoms with Crippen molar-refractivity contribution in [1.82, 2.24) is 20.4 Å². The number of nitrogens with zero attached hydrogens (tertiary/aromatic N) is 3. The summed E-state index contributed by atoms with van der Waals surface area (Å²) in [5.41, 5.74) is 3.09. The minimum absolute atomic E-state index is 0.292. The van der Waals surface area contributed by atoms with Crippen molar-refractivity contribution >= 4 is 33.4 Å². The van der Waals surface area contributed by atoms with Crippen LogP contribution in [-0.2, 0) is 0 Å². The molecule has 2 aromatic heterocycles. The number of aromatic nitrogens is 4. The second kappa shape index (κ2) is 4.96. The monoisotopic (exact) mass is 302 g/mol. The molecule has 0 fully saturated rings. The molecule has 4 rings (SSSR count). The van der Waals surface area contributed by atoms with Crippen molar-refractivity contribution in [3.8, 4) is 6.07 Å². The molecule has 0 bridgehead atoms. The standard InChI is InChI=1S/C16H10N6O/c17-7-9-1-3-10(4-2-9)19-16(23)15-11-5-6-13-12(8-18-20-13)14(11)21-22-15/h1-6,8H,(H,18,20)(H,19,23)(H,21,22). The number of anilines is 1. The number of amides is 1. The Morgan fingerprint density at radius 3 is 2.70 bits per heavy atom. The Morgan fingerprint density at radius 1 is 1.09 bits per heavy atom. The molecule has 2 aromatic carbocycles. The van der Waals surface area contributed by atoms with Crippen molar-refractivity contribution in [2.75, 3.05) is 5.32 Å². The van der Waals surface area contributed by atoms with Crippen molar-refractivity contribution in [2.45, 2.75) is 0 Å². The number of fused-ring (bicyclic) bond motifs is 3. The molecule has 0 unspecified atom stereocenters. The molecule has 0 saturated heterocycles. The van der Waals surface area contributed by atoms with Gasteiger partial charge in [-0.1, -0.05) is 0 Å². The van der Waals surface area contributed by atoms with Gasteiger partial charge in [0.1, 0.15) is 11.2 Å². The summed E-state index contributed by atoms with van der Waals surface area (Å²) in [7, 11) is 0. The van der Waals surface area contributed by atoms with Crippen LogP contribution in [0, 0.1) is 11.3 Å². The van der Waals surface area contributed by atoms with Crippen LogP contribution in [0.15, 0.2) is 42.6 Å². The molecule has 0 aliphatic carbocycles. The lowest BCUT2D eigenvalue weighted by molar-refractivity contribution is 0.102. The number of carbonyl (C=O) groups is 1. The van der Waals surface area contributed by atoms with Crippen LogP contribution in [-0.4, -0.2) is 26.3 Å². The summed E-state index contributed by atoms with van der Waals surface area (Å²) in [4.78, 5) is 12.4. The summed E-state index contributed by atoms with van der Waals surface area (Å²) in [5, 5.41) is 27.0. The van der Waals surface area contributed by atoms with Crippen molar-refractivity contribution < 1.29 is 4.79 Å². The highest BCUT2D eigenvalue weighted by Gasteiger charge is 2.16. The first kappa shape index (κ1) is 13.0. The summed E-state index contributed by atoms with van der Waals surface area (Å²) in [6.45, 7) is 0. The Hall–Kier alpha value is -3.66. The van der Waals surface area contributed by atoms with E-state index in [4.69, 9.17) is 5.26 Å². The van der Waals surface area contributed by atoms with Crippen LogP contribution in [0.25, 0.3) is 21.8 Å². The second-order valence-corrected chi connectivity index (χ2v) is 5.03. The van der Waals surface area contributed by atoms with Crippen LogP contribution in [0.5, 0.6) is 0 Å². The Morgan fingerprint density at radius 2 is 1.91 bits per heavy atom. The third kappa shape index (κ3) is 2.10. The van der Waals surface area contributed by atoms with Crippen LogP contribution >= 0.6 is 0 Å². The van der Waals surface area contributed by atoms with Crippen LogP contribution in [0.2, 0.25) is 0 Å². The van der Waals surface area contributed by atoms with E-state index >= 15 is 0 Å². The Kier molecular flexibility index (Phi) is 2.81. The topological polar surface area (TPSA) is 110 Å². The van der Waals surface area contributed by atoms with Gasteiger partial charge in [0.2, 0.25) is 0 Å². The van der Waals surface area contributed by atoms with E-state index in [1.807, 2.05) is 18.2 Å². The molecule has 0 radical (unpaired) electrons. The van der Waals surface area contributed by atoms with Gasteiger partial charge in [0, 0.05) is 16.5 Å². The van der Waals surface area contributed by atoms with E-state index in [0.29, 0.717) is 22.5 Å². The number of aromatic amines is 2. The highest BCUT2D eigenvalue weighted by atomic mass is 16.1. The molecule has 23 heavy (non-hydrogen) atoms. The number of carbonyl (C=O) groups excluding carboxylic acids is 1. The zero-order valence-electron chi connectivity index (χ0n) is 11.8. The van der Waals surface area contributed by atoms with E-state index in [9.17, 15) is 4.79 Å². The van der Waals surface area contributed by atoms with Gasteiger partial charge in [0.25, 0.3) is 5.91 Å². The maximum absolute atomic E-state index is 12.4. The van der Waals surface area contributed by atoms with Gasteiger partial charge in [-0.15, -0.1) is 0 Å². The van der Waals surface area contributed by atoms with Crippen molar-refractivity contribution in [3.63, 3.8) is 0 Å². The molecule has 4 aromatic rings. The number of benzene rings is 2. The predicted molar refractivity (Wildman–Crippen MR) is 84.9 cm³/mol. The number of hydrogen-bond donors (Lipinski definition) is 3. The van der Waals surface area contributed by atoms with E-state index in [1.165, 1.54) is 0 Å². The quantitative estimate of drug-likeness (QED) is 0.528. The highest BCUT2D eigenvalue weighted by Crippen LogP contribution is 2.24. The summed E-state index contributed by atoms with van der Waals surface area (Å²) < 4.78 is 0. The number of H-pyrrole nitrogens is 2. The summed E-state index contributed by atoms with van der Waals surface area (Å²) in [6.07, 6.45) is 1.68. The molecular weight excluding hydrogens is 292 g/mol. The molecule has 0 atom stereocenters. The van der Waals surface area contributed by atoms with Gasteiger partial charge >= 0.3 is 0 Å². The van der Waals surface area contributed by atoms with Crippen LogP contribution in [0.1, 0.15) is 16.1 Å². The molecule has 0 spiro atoms. The second-order valence-electron chi connectivity index (χ2n) is 5.03. The molecule has 0 aliphatic heterocycles. The first-order valence-electron chi connectivity index (χ1n) is 6.88. The number of nitriles is 1. The first-order chi connectivity index (χ1) is 11.3. The Bertz CT molecular complexity index is 1070. The van der Waals surface area contributed by atoms with Gasteiger partial charge in [-0.05, 0) is 36.4 Å². The van der Waals surface area contributed by atoms with Crippen LogP contribution in [0.3, 0.4) is 0 Å². The molecule has 7 nitrogen and oxygen atoms in total. The van der Waals surface area contributed by atoms with E-state index in [0.717, 1.165) is 16.3 Å². The summed E-state index contributed by atoms with van der Waals surface area (Å²) in [5.74, 6) is -0.292. The number of hydrogen-bond acceptors (Lipinski definition) is 4. The summed E-state index contributed by atoms with van der Waals surface area (Å²) in [6, 6.07) is 12.4. The minimum Gasteiger partial charge on any atom is -0.321 e. The van der Waals surface area contributed by atoms with Gasteiger partial charge in [-0.25, -0.2) is 0 Å². The zero-order valence-corrected chi connectivity index (χ0v) is 11.8. The van der Waals surface area contributed by atoms with Gasteiger partial charge in [0.15, 0.2) is 0 Å². The maximum atomic E-state index is 12.4. The third-order valence-corrected chi connectivity index (χ3v) is 3.64. The average molecular weight is 302 g/mol. The van der Waals surface area contributed by atoms with Crippen molar-refractivity contribution in [3.05, 3.63) is 53.9 Å².